The molecule has 0 aliphatic carbocycles. The second kappa shape index (κ2) is 8.08. The van der Waals surface area contributed by atoms with Gasteiger partial charge in [-0.15, -0.1) is 0 Å². The molecule has 1 saturated heterocycles. The first kappa shape index (κ1) is 20.9. The molecule has 158 valence electrons. The third-order valence-corrected chi connectivity index (χ3v) is 5.55. The van der Waals surface area contributed by atoms with Gasteiger partial charge in [0.2, 0.25) is 5.78 Å². The fourth-order valence-corrected chi connectivity index (χ4v) is 4.18. The zero-order valence-electron chi connectivity index (χ0n) is 17.5. The lowest BCUT2D eigenvalue weighted by atomic mass is 9.76. The average Bonchev–Trinajstić information content (AvgIpc) is 3.45. The SMILES string of the molecule is CC(C)C[C@@]1(C(=O)Nc2ccccc2)O[C@]1(C(=O)c1ccc(F)cc1)c1ccccc1. The van der Waals surface area contributed by atoms with E-state index in [9.17, 15) is 14.0 Å². The van der Waals surface area contributed by atoms with Crippen LogP contribution in [0.1, 0.15) is 36.2 Å². The van der Waals surface area contributed by atoms with Crippen LogP contribution in [0.25, 0.3) is 0 Å². The highest BCUT2D eigenvalue weighted by Gasteiger charge is 2.79. The lowest BCUT2D eigenvalue weighted by Crippen LogP contribution is -2.42. The van der Waals surface area contributed by atoms with Gasteiger partial charge in [-0.05, 0) is 54.3 Å². The number of Topliss-reactive ketones (excluding diaryl/α,β-unsaturated/α-hetero) is 1. The second-order valence-corrected chi connectivity index (χ2v) is 8.23. The summed E-state index contributed by atoms with van der Waals surface area (Å²) in [6.07, 6.45) is 0.355. The molecule has 0 unspecified atom stereocenters. The maximum atomic E-state index is 13.8. The molecular weight excluding hydrogens is 393 g/mol. The first-order valence-electron chi connectivity index (χ1n) is 10.3. The van der Waals surface area contributed by atoms with Crippen LogP contribution in [0.3, 0.4) is 0 Å². The molecule has 4 nitrogen and oxygen atoms in total. The Balaban J connectivity index is 1.81. The summed E-state index contributed by atoms with van der Waals surface area (Å²) in [5, 5.41) is 2.91. The number of amides is 1. The van der Waals surface area contributed by atoms with Crippen molar-refractivity contribution in [1.82, 2.24) is 0 Å². The smallest absolute Gasteiger partial charge is 0.260 e. The highest BCUT2D eigenvalue weighted by Crippen LogP contribution is 2.61. The van der Waals surface area contributed by atoms with Crippen LogP contribution in [0.5, 0.6) is 0 Å². The van der Waals surface area contributed by atoms with Crippen LogP contribution in [0.4, 0.5) is 10.1 Å². The van der Waals surface area contributed by atoms with Gasteiger partial charge in [-0.1, -0.05) is 62.4 Å². The fourth-order valence-electron chi connectivity index (χ4n) is 4.18. The van der Waals surface area contributed by atoms with Crippen LogP contribution < -0.4 is 5.32 Å². The van der Waals surface area contributed by atoms with Gasteiger partial charge >= 0.3 is 0 Å². The van der Waals surface area contributed by atoms with E-state index in [0.29, 0.717) is 23.2 Å². The minimum Gasteiger partial charge on any atom is -0.338 e. The number of rotatable bonds is 7. The normalized spacial score (nSPS) is 22.2. The third kappa shape index (κ3) is 3.66. The van der Waals surface area contributed by atoms with Crippen LogP contribution in [0.15, 0.2) is 84.9 Å². The van der Waals surface area contributed by atoms with Gasteiger partial charge < -0.3 is 10.1 Å². The third-order valence-electron chi connectivity index (χ3n) is 5.55. The predicted molar refractivity (Wildman–Crippen MR) is 117 cm³/mol. The number of benzene rings is 3. The standard InChI is InChI=1S/C26H24FNO3/c1-18(2)17-25(24(30)28-22-11-7-4-8-12-22)26(31-25,20-9-5-3-6-10-20)23(29)19-13-15-21(27)16-14-19/h3-16,18H,17H2,1-2H3,(H,28,30)/t25-,26-/m0/s1. The highest BCUT2D eigenvalue weighted by molar-refractivity contribution is 6.14. The summed E-state index contributed by atoms with van der Waals surface area (Å²) >= 11 is 0. The van der Waals surface area contributed by atoms with E-state index in [1.807, 2.05) is 50.2 Å². The van der Waals surface area contributed by atoms with Crippen molar-refractivity contribution in [2.45, 2.75) is 31.5 Å². The Morgan fingerprint density at radius 3 is 2.06 bits per heavy atom. The molecule has 5 heteroatoms. The van der Waals surface area contributed by atoms with Crippen molar-refractivity contribution in [2.75, 3.05) is 5.32 Å². The van der Waals surface area contributed by atoms with Crippen molar-refractivity contribution < 1.29 is 18.7 Å². The monoisotopic (exact) mass is 417 g/mol. The summed E-state index contributed by atoms with van der Waals surface area (Å²) < 4.78 is 19.7. The number of carbonyl (C=O) groups excluding carboxylic acids is 2. The molecule has 0 spiro atoms. The zero-order chi connectivity index (χ0) is 22.1. The molecule has 1 aliphatic rings. The van der Waals surface area contributed by atoms with Gasteiger partial charge in [0.05, 0.1) is 0 Å². The Bertz CT molecular complexity index is 1080. The van der Waals surface area contributed by atoms with Crippen LogP contribution in [-0.4, -0.2) is 17.3 Å². The minimum absolute atomic E-state index is 0.0909. The molecule has 3 aromatic rings. The molecule has 0 saturated carbocycles. The number of halogens is 1. The number of hydrogen-bond donors (Lipinski definition) is 1. The molecule has 3 aromatic carbocycles. The molecule has 1 heterocycles. The topological polar surface area (TPSA) is 58.7 Å². The van der Waals surface area contributed by atoms with Gasteiger partial charge in [-0.25, -0.2) is 4.39 Å². The summed E-state index contributed by atoms with van der Waals surface area (Å²) in [4.78, 5) is 27.3. The van der Waals surface area contributed by atoms with Crippen molar-refractivity contribution in [3.8, 4) is 0 Å². The van der Waals surface area contributed by atoms with Crippen molar-refractivity contribution in [3.63, 3.8) is 0 Å². The van der Waals surface area contributed by atoms with Crippen molar-refractivity contribution in [1.29, 1.82) is 0 Å². The second-order valence-electron chi connectivity index (χ2n) is 8.23. The molecular formula is C26H24FNO3. The lowest BCUT2D eigenvalue weighted by Gasteiger charge is -2.21. The van der Waals surface area contributed by atoms with Gasteiger partial charge in [-0.2, -0.15) is 0 Å². The summed E-state index contributed by atoms with van der Waals surface area (Å²) in [6.45, 7) is 3.97. The maximum Gasteiger partial charge on any atom is 0.260 e. The van der Waals surface area contributed by atoms with E-state index in [1.165, 1.54) is 24.3 Å². The van der Waals surface area contributed by atoms with Crippen molar-refractivity contribution in [3.05, 3.63) is 102 Å². The largest absolute Gasteiger partial charge is 0.338 e. The molecule has 2 atom stereocenters. The first-order valence-corrected chi connectivity index (χ1v) is 10.3. The summed E-state index contributed by atoms with van der Waals surface area (Å²) in [5.74, 6) is -1.07. The molecule has 1 fully saturated rings. The molecule has 4 rings (SSSR count). The molecule has 1 N–H and O–H groups in total. The van der Waals surface area contributed by atoms with Gasteiger partial charge in [0.15, 0.2) is 11.2 Å². The summed E-state index contributed by atoms with van der Waals surface area (Å²) in [6, 6.07) is 23.5. The van der Waals surface area contributed by atoms with Gasteiger partial charge in [-0.3, -0.25) is 9.59 Å². The number of carbonyl (C=O) groups is 2. The van der Waals surface area contributed by atoms with Crippen molar-refractivity contribution in [2.24, 2.45) is 5.92 Å². The summed E-state index contributed by atoms with van der Waals surface area (Å²) in [5.41, 5.74) is -1.32. The number of ether oxygens (including phenoxy) is 1. The Labute approximate surface area is 181 Å². The van der Waals surface area contributed by atoms with E-state index in [4.69, 9.17) is 4.74 Å². The summed E-state index contributed by atoms with van der Waals surface area (Å²) in [7, 11) is 0. The quantitative estimate of drug-likeness (QED) is 0.416. The average molecular weight is 417 g/mol. The van der Waals surface area contributed by atoms with E-state index in [-0.39, 0.29) is 17.6 Å². The number of epoxide rings is 1. The number of anilines is 1. The van der Waals surface area contributed by atoms with E-state index < -0.39 is 17.0 Å². The van der Waals surface area contributed by atoms with Crippen LogP contribution in [0.2, 0.25) is 0 Å². The molecule has 31 heavy (non-hydrogen) atoms. The number of para-hydroxylation sites is 1. The number of hydrogen-bond acceptors (Lipinski definition) is 3. The van der Waals surface area contributed by atoms with Crippen molar-refractivity contribution >= 4 is 17.4 Å². The first-order chi connectivity index (χ1) is 14.9. The van der Waals surface area contributed by atoms with Crippen LogP contribution in [-0.2, 0) is 15.1 Å². The molecule has 0 radical (unpaired) electrons. The van der Waals surface area contributed by atoms with Gasteiger partial charge in [0.25, 0.3) is 5.91 Å². The molecule has 0 aromatic heterocycles. The minimum atomic E-state index is -1.48. The number of nitrogens with one attached hydrogen (secondary N) is 1. The van der Waals surface area contributed by atoms with E-state index in [2.05, 4.69) is 5.32 Å². The highest BCUT2D eigenvalue weighted by atomic mass is 19.1. The Morgan fingerprint density at radius 1 is 0.903 bits per heavy atom. The number of ketones is 1. The Morgan fingerprint density at radius 2 is 1.48 bits per heavy atom. The lowest BCUT2D eigenvalue weighted by molar-refractivity contribution is -0.121. The van der Waals surface area contributed by atoms with Crippen LogP contribution in [0, 0.1) is 11.7 Å². The zero-order valence-corrected chi connectivity index (χ0v) is 17.5. The molecule has 0 bridgehead atoms. The Kier molecular flexibility index (Phi) is 5.46. The van der Waals surface area contributed by atoms with Gasteiger partial charge in [0.1, 0.15) is 5.82 Å². The van der Waals surface area contributed by atoms with E-state index in [1.54, 1.807) is 24.3 Å². The molecule has 1 amide bonds. The van der Waals surface area contributed by atoms with E-state index >= 15 is 0 Å². The fraction of sp³-hybridized carbons (Fsp3) is 0.231. The van der Waals surface area contributed by atoms with Gasteiger partial charge in [0, 0.05) is 11.3 Å². The van der Waals surface area contributed by atoms with E-state index in [0.717, 1.165) is 0 Å². The van der Waals surface area contributed by atoms with Crippen LogP contribution >= 0.6 is 0 Å². The molecule has 1 aliphatic heterocycles. The predicted octanol–water partition coefficient (Wildman–Crippen LogP) is 5.36. The maximum absolute atomic E-state index is 13.8. The Hall–Kier alpha value is -3.31.